The Labute approximate surface area is 272 Å². The maximum absolute atomic E-state index is 12.9. The molecule has 0 saturated carbocycles. The number of aliphatic hydroxyl groups excluding tert-OH is 4. The minimum absolute atomic E-state index is 0.0546. The molecule has 2 aliphatic rings. The number of phenols is 1. The smallest absolute Gasteiger partial charge is 0.303 e. The lowest BCUT2D eigenvalue weighted by atomic mass is 9.98. The van der Waals surface area contributed by atoms with Gasteiger partial charge in [0.15, 0.2) is 23.9 Å². The number of aliphatic hydroxyl groups is 4. The highest BCUT2D eigenvalue weighted by atomic mass is 16.7. The van der Waals surface area contributed by atoms with E-state index in [9.17, 15) is 39.9 Å². The molecule has 16 heteroatoms. The van der Waals surface area contributed by atoms with Crippen LogP contribution in [0.4, 0.5) is 0 Å². The van der Waals surface area contributed by atoms with Crippen molar-refractivity contribution in [3.05, 3.63) is 52.7 Å². The van der Waals surface area contributed by atoms with E-state index >= 15 is 0 Å². The first-order valence-electron chi connectivity index (χ1n) is 14.9. The first kappa shape index (κ1) is 35.0. The van der Waals surface area contributed by atoms with Crippen LogP contribution in [0.1, 0.15) is 20.8 Å². The van der Waals surface area contributed by atoms with E-state index < -0.39 is 91.1 Å². The summed E-state index contributed by atoms with van der Waals surface area (Å²) in [4.78, 5) is 36.2. The van der Waals surface area contributed by atoms with E-state index in [2.05, 4.69) is 0 Å². The van der Waals surface area contributed by atoms with Gasteiger partial charge in [0.1, 0.15) is 64.5 Å². The Kier molecular flexibility index (Phi) is 10.5. The number of carbonyl (C=O) groups is 2. The molecule has 0 spiro atoms. The van der Waals surface area contributed by atoms with Gasteiger partial charge in [-0.1, -0.05) is 0 Å². The van der Waals surface area contributed by atoms with E-state index in [1.807, 2.05) is 0 Å². The lowest BCUT2D eigenvalue weighted by Gasteiger charge is -2.43. The van der Waals surface area contributed by atoms with Gasteiger partial charge in [-0.25, -0.2) is 0 Å². The molecule has 2 aliphatic heterocycles. The van der Waals surface area contributed by atoms with Gasteiger partial charge in [-0.05, 0) is 31.2 Å². The third-order valence-corrected chi connectivity index (χ3v) is 7.86. The van der Waals surface area contributed by atoms with Gasteiger partial charge >= 0.3 is 11.9 Å². The number of ether oxygens (including phenoxy) is 7. The van der Waals surface area contributed by atoms with Crippen LogP contribution in [0.3, 0.4) is 0 Å². The highest BCUT2D eigenvalue weighted by molar-refractivity contribution is 5.86. The van der Waals surface area contributed by atoms with Gasteiger partial charge in [0.05, 0.1) is 19.8 Å². The summed E-state index contributed by atoms with van der Waals surface area (Å²) in [5.41, 5.74) is -0.0393. The maximum atomic E-state index is 12.9. The van der Waals surface area contributed by atoms with Crippen LogP contribution in [0.5, 0.6) is 17.2 Å². The predicted molar refractivity (Wildman–Crippen MR) is 161 cm³/mol. The number of hydrogen-bond acceptors (Lipinski definition) is 16. The summed E-state index contributed by atoms with van der Waals surface area (Å²) in [7, 11) is 1.51. The van der Waals surface area contributed by atoms with Crippen molar-refractivity contribution in [3.8, 4) is 28.6 Å². The summed E-state index contributed by atoms with van der Waals surface area (Å²) in [6.07, 6.45) is -14.8. The molecule has 2 aromatic carbocycles. The zero-order valence-electron chi connectivity index (χ0n) is 26.2. The van der Waals surface area contributed by atoms with Crippen LogP contribution in [0.2, 0.25) is 0 Å². The molecular formula is C32H36O16. The van der Waals surface area contributed by atoms with Gasteiger partial charge in [0, 0.05) is 37.6 Å². The van der Waals surface area contributed by atoms with Crippen LogP contribution in [0, 0.1) is 0 Å². The summed E-state index contributed by atoms with van der Waals surface area (Å²) in [5, 5.41) is 53.3. The van der Waals surface area contributed by atoms with Crippen molar-refractivity contribution in [1.29, 1.82) is 0 Å². The van der Waals surface area contributed by atoms with E-state index in [-0.39, 0.29) is 22.5 Å². The molecule has 5 N–H and O–H groups in total. The zero-order valence-corrected chi connectivity index (χ0v) is 26.2. The van der Waals surface area contributed by atoms with Crippen LogP contribution < -0.4 is 14.9 Å². The van der Waals surface area contributed by atoms with Crippen molar-refractivity contribution < 1.29 is 72.7 Å². The average molecular weight is 677 g/mol. The largest absolute Gasteiger partial charge is 0.507 e. The van der Waals surface area contributed by atoms with Crippen LogP contribution >= 0.6 is 0 Å². The lowest BCUT2D eigenvalue weighted by molar-refractivity contribution is -0.320. The first-order valence-corrected chi connectivity index (χ1v) is 14.9. The second kappa shape index (κ2) is 14.4. The van der Waals surface area contributed by atoms with E-state index in [1.165, 1.54) is 26.2 Å². The van der Waals surface area contributed by atoms with Gasteiger partial charge in [-0.2, -0.15) is 0 Å². The minimum Gasteiger partial charge on any atom is -0.507 e. The number of carbonyl (C=O) groups excluding carboxylic acids is 2. The Morgan fingerprint density at radius 1 is 0.812 bits per heavy atom. The van der Waals surface area contributed by atoms with Crippen molar-refractivity contribution in [3.63, 3.8) is 0 Å². The molecule has 0 radical (unpaired) electrons. The van der Waals surface area contributed by atoms with E-state index in [4.69, 9.17) is 37.6 Å². The van der Waals surface area contributed by atoms with E-state index in [0.29, 0.717) is 11.3 Å². The number of methoxy groups -OCH3 is 1. The Hall–Kier alpha value is -4.29. The first-order chi connectivity index (χ1) is 22.8. The topological polar surface area (TPSA) is 230 Å². The Balaban J connectivity index is 1.33. The Morgan fingerprint density at radius 2 is 1.48 bits per heavy atom. The fourth-order valence-corrected chi connectivity index (χ4v) is 5.49. The molecule has 3 heterocycles. The monoisotopic (exact) mass is 676 g/mol. The number of hydrogen-bond donors (Lipinski definition) is 5. The Morgan fingerprint density at radius 3 is 2.12 bits per heavy atom. The molecule has 0 bridgehead atoms. The number of aromatic hydroxyl groups is 1. The number of benzene rings is 2. The van der Waals surface area contributed by atoms with E-state index in [0.717, 1.165) is 19.9 Å². The lowest BCUT2D eigenvalue weighted by Crippen LogP contribution is -2.62. The van der Waals surface area contributed by atoms with E-state index in [1.54, 1.807) is 24.3 Å². The van der Waals surface area contributed by atoms with Crippen LogP contribution in [0.15, 0.2) is 51.7 Å². The molecule has 0 amide bonds. The third-order valence-electron chi connectivity index (χ3n) is 7.86. The number of esters is 2. The second-order valence-electron chi connectivity index (χ2n) is 11.3. The van der Waals surface area contributed by atoms with Crippen molar-refractivity contribution in [2.75, 3.05) is 13.7 Å². The fraction of sp³-hybridized carbons (Fsp3) is 0.469. The molecule has 48 heavy (non-hydrogen) atoms. The van der Waals surface area contributed by atoms with Gasteiger partial charge in [-0.15, -0.1) is 0 Å². The highest BCUT2D eigenvalue weighted by Crippen LogP contribution is 2.34. The van der Waals surface area contributed by atoms with Crippen molar-refractivity contribution in [2.45, 2.75) is 82.2 Å². The number of rotatable bonds is 9. The maximum Gasteiger partial charge on any atom is 0.303 e. The summed E-state index contributed by atoms with van der Waals surface area (Å²) in [5.74, 6) is -1.29. The third kappa shape index (κ3) is 7.39. The minimum atomic E-state index is -1.80. The highest BCUT2D eigenvalue weighted by Gasteiger charge is 2.50. The normalized spacial score (nSPS) is 30.4. The van der Waals surface area contributed by atoms with Crippen molar-refractivity contribution in [1.82, 2.24) is 0 Å². The molecule has 0 aliphatic carbocycles. The van der Waals surface area contributed by atoms with Crippen LogP contribution in [-0.4, -0.2) is 113 Å². The Bertz CT molecular complexity index is 1670. The molecule has 0 unspecified atom stereocenters. The van der Waals surface area contributed by atoms with Gasteiger partial charge in [0.2, 0.25) is 6.29 Å². The molecule has 5 rings (SSSR count). The van der Waals surface area contributed by atoms with Crippen LogP contribution in [-0.2, 0) is 33.3 Å². The van der Waals surface area contributed by atoms with Crippen LogP contribution in [0.25, 0.3) is 22.3 Å². The van der Waals surface area contributed by atoms with Gasteiger partial charge in [-0.3, -0.25) is 14.4 Å². The fourth-order valence-electron chi connectivity index (χ4n) is 5.49. The van der Waals surface area contributed by atoms with Gasteiger partial charge < -0.3 is 63.1 Å². The molecule has 1 aromatic heterocycles. The summed E-state index contributed by atoms with van der Waals surface area (Å²) < 4.78 is 44.2. The SMILES string of the molecule is COc1ccc(-c2cc(=O)c3c(O)cc(O[C@@H]4O[C@H](CO[C@@H]5O[C@@H](C)[C@H](OC(C)=O)[C@@H](OC(C)=O)[C@H]5O)[C@@H](O)[C@H](O)[C@H]4O)cc3o2)cc1. The number of phenolic OH excluding ortho intramolecular Hbond substituents is 1. The molecular weight excluding hydrogens is 640 g/mol. The predicted octanol–water partition coefficient (Wildman–Crippen LogP) is 0.346. The zero-order chi connectivity index (χ0) is 34.9. The molecule has 10 atom stereocenters. The summed E-state index contributed by atoms with van der Waals surface area (Å²) in [6, 6.07) is 10.3. The second-order valence-corrected chi connectivity index (χ2v) is 11.3. The average Bonchev–Trinajstić information content (AvgIpc) is 3.03. The molecule has 2 fully saturated rings. The molecule has 3 aromatic rings. The van der Waals surface area contributed by atoms with Gasteiger partial charge in [0.25, 0.3) is 0 Å². The number of fused-ring (bicyclic) bond motifs is 1. The standard InChI is InChI=1S/C32H36O16/c1-13-29(44-14(2)33)30(45-15(3)34)28(40)31(43-13)42-12-23-25(37)26(38)27(39)32(48-23)46-18-9-19(35)24-20(36)11-21(47-22(24)10-18)16-5-7-17(41-4)8-6-16/h5-11,13,23,25-32,35,37-40H,12H2,1-4H3/t13-,23+,25+,26-,27+,28+,29-,30-,31+,32+/m0/s1. The molecule has 16 nitrogen and oxygen atoms in total. The molecule has 260 valence electrons. The molecule has 2 saturated heterocycles. The summed E-state index contributed by atoms with van der Waals surface area (Å²) in [6.45, 7) is 3.22. The quantitative estimate of drug-likeness (QED) is 0.193. The van der Waals surface area contributed by atoms with Crippen molar-refractivity contribution in [2.24, 2.45) is 0 Å². The van der Waals surface area contributed by atoms with Crippen molar-refractivity contribution >= 4 is 22.9 Å². The summed E-state index contributed by atoms with van der Waals surface area (Å²) >= 11 is 0.